The van der Waals surface area contributed by atoms with Crippen molar-refractivity contribution in [3.8, 4) is 17.4 Å². The third-order valence-corrected chi connectivity index (χ3v) is 4.24. The molecule has 0 aliphatic rings. The van der Waals surface area contributed by atoms with Gasteiger partial charge in [-0.05, 0) is 30.7 Å². The molecular formula is C18H12F2N4O2S. The molecule has 0 bridgehead atoms. The van der Waals surface area contributed by atoms with E-state index in [9.17, 15) is 13.6 Å². The van der Waals surface area contributed by atoms with Crippen LogP contribution in [0.15, 0.2) is 52.7 Å². The van der Waals surface area contributed by atoms with E-state index >= 15 is 0 Å². The molecule has 1 N–H and O–H groups in total. The molecule has 6 nitrogen and oxygen atoms in total. The standard InChI is InChI=1S/C18H12F2N4O2S/c1-10(16(19)20)5-15-22-18(27-24-15)23-17(25)13-7-14(26-9-13)12-4-2-3-11(6-12)8-21/h2-4,6-7,9H,5H2,1H3,(H,22,23,24,25). The Morgan fingerprint density at radius 1 is 1.37 bits per heavy atom. The number of rotatable bonds is 5. The van der Waals surface area contributed by atoms with Crippen LogP contribution in [0.2, 0.25) is 0 Å². The Hall–Kier alpha value is -3.38. The number of hydrogen-bond acceptors (Lipinski definition) is 6. The number of allylic oxidation sites excluding steroid dienone is 1. The van der Waals surface area contributed by atoms with Gasteiger partial charge in [0.25, 0.3) is 12.0 Å². The van der Waals surface area contributed by atoms with Gasteiger partial charge in [0.05, 0.1) is 17.2 Å². The lowest BCUT2D eigenvalue weighted by atomic mass is 10.1. The van der Waals surface area contributed by atoms with Crippen molar-refractivity contribution in [3.63, 3.8) is 0 Å². The van der Waals surface area contributed by atoms with Gasteiger partial charge >= 0.3 is 0 Å². The number of halogens is 2. The summed E-state index contributed by atoms with van der Waals surface area (Å²) in [5, 5.41) is 11.7. The zero-order chi connectivity index (χ0) is 19.4. The molecule has 0 aliphatic carbocycles. The molecular weight excluding hydrogens is 374 g/mol. The third kappa shape index (κ3) is 4.43. The van der Waals surface area contributed by atoms with E-state index in [1.54, 1.807) is 30.3 Å². The topological polar surface area (TPSA) is 91.8 Å². The van der Waals surface area contributed by atoms with E-state index in [0.29, 0.717) is 16.9 Å². The first-order valence-electron chi connectivity index (χ1n) is 7.70. The van der Waals surface area contributed by atoms with Gasteiger partial charge in [0, 0.05) is 23.5 Å². The molecule has 0 radical (unpaired) electrons. The monoisotopic (exact) mass is 386 g/mol. The highest BCUT2D eigenvalue weighted by atomic mass is 32.1. The van der Waals surface area contributed by atoms with Crippen molar-refractivity contribution in [1.29, 1.82) is 5.26 Å². The maximum atomic E-state index is 12.5. The summed E-state index contributed by atoms with van der Waals surface area (Å²) in [4.78, 5) is 16.3. The second-order valence-electron chi connectivity index (χ2n) is 5.58. The number of carbonyl (C=O) groups is 1. The minimum Gasteiger partial charge on any atom is -0.464 e. The average molecular weight is 386 g/mol. The molecule has 9 heteroatoms. The third-order valence-electron chi connectivity index (χ3n) is 3.57. The molecule has 0 unspecified atom stereocenters. The summed E-state index contributed by atoms with van der Waals surface area (Å²) in [5.74, 6) is 0.185. The SMILES string of the molecule is CC(Cc1nsc(NC(=O)c2coc(-c3cccc(C#N)c3)c2)n1)=C(F)F. The molecule has 1 aromatic carbocycles. The van der Waals surface area contributed by atoms with Crippen molar-refractivity contribution in [1.82, 2.24) is 9.36 Å². The van der Waals surface area contributed by atoms with E-state index in [4.69, 9.17) is 9.68 Å². The van der Waals surface area contributed by atoms with E-state index < -0.39 is 12.0 Å². The first-order chi connectivity index (χ1) is 13.0. The summed E-state index contributed by atoms with van der Waals surface area (Å²) in [7, 11) is 0. The van der Waals surface area contributed by atoms with Gasteiger partial charge < -0.3 is 4.42 Å². The fourth-order valence-corrected chi connectivity index (χ4v) is 2.78. The highest BCUT2D eigenvalue weighted by Gasteiger charge is 2.15. The summed E-state index contributed by atoms with van der Waals surface area (Å²) >= 11 is 0.907. The Kier molecular flexibility index (Phi) is 5.38. The lowest BCUT2D eigenvalue weighted by Gasteiger charge is -1.97. The zero-order valence-electron chi connectivity index (χ0n) is 14.0. The molecule has 0 atom stereocenters. The lowest BCUT2D eigenvalue weighted by molar-refractivity contribution is 0.102. The Balaban J connectivity index is 1.71. The first-order valence-corrected chi connectivity index (χ1v) is 8.47. The second kappa shape index (κ2) is 7.88. The van der Waals surface area contributed by atoms with Crippen molar-refractivity contribution in [2.75, 3.05) is 5.32 Å². The molecule has 0 saturated carbocycles. The fraction of sp³-hybridized carbons (Fsp3) is 0.111. The van der Waals surface area contributed by atoms with Crippen molar-refractivity contribution >= 4 is 22.6 Å². The smallest absolute Gasteiger partial charge is 0.269 e. The largest absolute Gasteiger partial charge is 0.464 e. The Bertz CT molecular complexity index is 1060. The average Bonchev–Trinajstić information content (AvgIpc) is 3.31. The number of amides is 1. The molecule has 2 heterocycles. The summed E-state index contributed by atoms with van der Waals surface area (Å²) in [6.07, 6.45) is -0.557. The predicted octanol–water partition coefficient (Wildman–Crippen LogP) is 4.64. The van der Waals surface area contributed by atoms with E-state index in [-0.39, 0.29) is 28.5 Å². The number of aromatic nitrogens is 2. The number of anilines is 1. The van der Waals surface area contributed by atoms with E-state index in [1.165, 1.54) is 13.2 Å². The van der Waals surface area contributed by atoms with Gasteiger partial charge in [-0.3, -0.25) is 10.1 Å². The minimum absolute atomic E-state index is 0.0835. The summed E-state index contributed by atoms with van der Waals surface area (Å²) in [5.41, 5.74) is 1.28. The number of nitrogens with one attached hydrogen (secondary N) is 1. The molecule has 3 aromatic rings. The maximum absolute atomic E-state index is 12.5. The van der Waals surface area contributed by atoms with Crippen LogP contribution in [0.1, 0.15) is 28.7 Å². The van der Waals surface area contributed by atoms with E-state index in [1.807, 2.05) is 6.07 Å². The Morgan fingerprint density at radius 3 is 2.93 bits per heavy atom. The Morgan fingerprint density at radius 2 is 2.19 bits per heavy atom. The number of hydrogen-bond donors (Lipinski definition) is 1. The van der Waals surface area contributed by atoms with Crippen LogP contribution in [-0.4, -0.2) is 15.3 Å². The highest BCUT2D eigenvalue weighted by Crippen LogP contribution is 2.24. The molecule has 0 saturated heterocycles. The predicted molar refractivity (Wildman–Crippen MR) is 95.3 cm³/mol. The number of nitrogens with zero attached hydrogens (tertiary/aromatic N) is 3. The van der Waals surface area contributed by atoms with Crippen molar-refractivity contribution in [2.45, 2.75) is 13.3 Å². The summed E-state index contributed by atoms with van der Waals surface area (Å²) in [6.45, 7) is 1.29. The van der Waals surface area contributed by atoms with Crippen LogP contribution in [0.3, 0.4) is 0 Å². The van der Waals surface area contributed by atoms with E-state index in [2.05, 4.69) is 14.7 Å². The second-order valence-corrected chi connectivity index (χ2v) is 6.33. The van der Waals surface area contributed by atoms with Crippen molar-refractivity contribution < 1.29 is 18.0 Å². The normalized spacial score (nSPS) is 10.3. The van der Waals surface area contributed by atoms with Crippen LogP contribution < -0.4 is 5.32 Å². The maximum Gasteiger partial charge on any atom is 0.269 e. The van der Waals surface area contributed by atoms with Gasteiger partial charge in [0.2, 0.25) is 5.13 Å². The van der Waals surface area contributed by atoms with Gasteiger partial charge in [-0.25, -0.2) is 4.98 Å². The molecule has 0 aliphatic heterocycles. The summed E-state index contributed by atoms with van der Waals surface area (Å²) < 4.78 is 34.3. The molecule has 1 amide bonds. The van der Waals surface area contributed by atoms with Crippen LogP contribution in [0.25, 0.3) is 11.3 Å². The molecule has 2 aromatic heterocycles. The zero-order valence-corrected chi connectivity index (χ0v) is 14.8. The van der Waals surface area contributed by atoms with Crippen LogP contribution in [0.4, 0.5) is 13.9 Å². The summed E-state index contributed by atoms with van der Waals surface area (Å²) in [6, 6.07) is 10.4. The number of benzene rings is 1. The van der Waals surface area contributed by atoms with Gasteiger partial charge in [0.1, 0.15) is 17.8 Å². The fourth-order valence-electron chi connectivity index (χ4n) is 2.20. The highest BCUT2D eigenvalue weighted by molar-refractivity contribution is 7.09. The van der Waals surface area contributed by atoms with Gasteiger partial charge in [0.15, 0.2) is 0 Å². The van der Waals surface area contributed by atoms with Crippen LogP contribution in [0.5, 0.6) is 0 Å². The first kappa shape index (κ1) is 18.4. The quantitative estimate of drug-likeness (QED) is 0.690. The number of carbonyl (C=O) groups excluding carboxylic acids is 1. The van der Waals surface area contributed by atoms with Crippen LogP contribution in [-0.2, 0) is 6.42 Å². The van der Waals surface area contributed by atoms with E-state index in [0.717, 1.165) is 11.5 Å². The molecule has 136 valence electrons. The van der Waals surface area contributed by atoms with Gasteiger partial charge in [-0.2, -0.15) is 18.4 Å². The number of nitriles is 1. The van der Waals surface area contributed by atoms with Crippen molar-refractivity contribution in [2.24, 2.45) is 0 Å². The Labute approximate surface area is 156 Å². The molecule has 27 heavy (non-hydrogen) atoms. The molecule has 0 fully saturated rings. The number of furan rings is 1. The molecule has 0 spiro atoms. The van der Waals surface area contributed by atoms with Gasteiger partial charge in [-0.15, -0.1) is 0 Å². The van der Waals surface area contributed by atoms with Crippen LogP contribution in [0, 0.1) is 11.3 Å². The van der Waals surface area contributed by atoms with Crippen LogP contribution >= 0.6 is 11.5 Å². The lowest BCUT2D eigenvalue weighted by Crippen LogP contribution is -2.10. The van der Waals surface area contributed by atoms with Crippen molar-refractivity contribution in [3.05, 3.63) is 65.2 Å². The van der Waals surface area contributed by atoms with Gasteiger partial charge in [-0.1, -0.05) is 12.1 Å². The minimum atomic E-state index is -1.76. The molecule has 3 rings (SSSR count).